The van der Waals surface area contributed by atoms with Gasteiger partial charge in [-0.1, -0.05) is 29.3 Å². The molecule has 0 aromatic heterocycles. The van der Waals surface area contributed by atoms with Gasteiger partial charge in [-0.05, 0) is 35.9 Å². The van der Waals surface area contributed by atoms with Crippen molar-refractivity contribution in [2.45, 2.75) is 6.42 Å². The molecule has 2 aromatic rings. The van der Waals surface area contributed by atoms with Crippen molar-refractivity contribution in [2.75, 3.05) is 19.5 Å². The number of carbonyl (C=O) groups is 2. The molecule has 0 unspecified atom stereocenters. The molecule has 0 spiro atoms. The first-order valence-corrected chi connectivity index (χ1v) is 7.59. The van der Waals surface area contributed by atoms with Gasteiger partial charge in [0.2, 0.25) is 0 Å². The molecule has 120 valence electrons. The zero-order valence-electron chi connectivity index (χ0n) is 12.7. The predicted octanol–water partition coefficient (Wildman–Crippen LogP) is 4.25. The maximum atomic E-state index is 12.6. The maximum Gasteiger partial charge on any atom is 0.337 e. The first-order chi connectivity index (χ1) is 11.0. The highest BCUT2D eigenvalue weighted by Gasteiger charge is 2.16. The van der Waals surface area contributed by atoms with Crippen LogP contribution >= 0.6 is 23.2 Å². The normalized spacial score (nSPS) is 10.3. The Balaban J connectivity index is 2.33. The number of hydrogen-bond acceptors (Lipinski definition) is 4. The average Bonchev–Trinajstić information content (AvgIpc) is 2.56. The van der Waals surface area contributed by atoms with Crippen LogP contribution in [0.5, 0.6) is 0 Å². The number of benzene rings is 2. The second kappa shape index (κ2) is 7.49. The van der Waals surface area contributed by atoms with Gasteiger partial charge in [0.15, 0.2) is 5.78 Å². The highest BCUT2D eigenvalue weighted by molar-refractivity contribution is 6.42. The molecular weight excluding hydrogens is 337 g/mol. The lowest BCUT2D eigenvalue weighted by Crippen LogP contribution is -2.10. The van der Waals surface area contributed by atoms with Gasteiger partial charge in [0, 0.05) is 24.7 Å². The lowest BCUT2D eigenvalue weighted by Gasteiger charge is -2.10. The van der Waals surface area contributed by atoms with Crippen LogP contribution in [0.3, 0.4) is 0 Å². The van der Waals surface area contributed by atoms with E-state index < -0.39 is 5.97 Å². The van der Waals surface area contributed by atoms with Gasteiger partial charge in [-0.15, -0.1) is 0 Å². The minimum Gasteiger partial charge on any atom is -0.465 e. The molecule has 0 heterocycles. The zero-order chi connectivity index (χ0) is 17.0. The topological polar surface area (TPSA) is 55.4 Å². The van der Waals surface area contributed by atoms with Crippen molar-refractivity contribution in [1.29, 1.82) is 0 Å². The second-order valence-corrected chi connectivity index (χ2v) is 5.66. The number of esters is 1. The van der Waals surface area contributed by atoms with Crippen molar-refractivity contribution in [3.05, 3.63) is 63.1 Å². The highest BCUT2D eigenvalue weighted by Crippen LogP contribution is 2.25. The van der Waals surface area contributed by atoms with Gasteiger partial charge in [0.1, 0.15) is 0 Å². The highest BCUT2D eigenvalue weighted by atomic mass is 35.5. The molecule has 0 fully saturated rings. The lowest BCUT2D eigenvalue weighted by molar-refractivity contribution is 0.0601. The molecule has 0 saturated heterocycles. The number of ketones is 1. The summed E-state index contributed by atoms with van der Waals surface area (Å²) in [5.74, 6) is -0.630. The molecular formula is C17H15Cl2NO3. The molecule has 0 aliphatic rings. The van der Waals surface area contributed by atoms with Gasteiger partial charge in [-0.25, -0.2) is 4.79 Å². The molecule has 0 aliphatic carbocycles. The van der Waals surface area contributed by atoms with Crippen LogP contribution in [0.1, 0.15) is 26.3 Å². The van der Waals surface area contributed by atoms with Crippen LogP contribution in [0.2, 0.25) is 10.0 Å². The third-order valence-corrected chi connectivity index (χ3v) is 4.10. The van der Waals surface area contributed by atoms with Crippen molar-refractivity contribution < 1.29 is 14.3 Å². The lowest BCUT2D eigenvalue weighted by atomic mass is 9.99. The quantitative estimate of drug-likeness (QED) is 0.646. The maximum absolute atomic E-state index is 12.6. The largest absolute Gasteiger partial charge is 0.465 e. The van der Waals surface area contributed by atoms with Crippen molar-refractivity contribution >= 4 is 40.6 Å². The monoisotopic (exact) mass is 351 g/mol. The summed E-state index contributed by atoms with van der Waals surface area (Å²) in [6.07, 6.45) is 0.149. The van der Waals surface area contributed by atoms with Gasteiger partial charge >= 0.3 is 5.97 Å². The third-order valence-electron chi connectivity index (χ3n) is 3.36. The van der Waals surface area contributed by atoms with Crippen LogP contribution in [-0.2, 0) is 11.2 Å². The molecule has 0 saturated carbocycles. The summed E-state index contributed by atoms with van der Waals surface area (Å²) in [7, 11) is 3.01. The molecule has 2 aromatic carbocycles. The minimum absolute atomic E-state index is 0.140. The van der Waals surface area contributed by atoms with Gasteiger partial charge in [0.05, 0.1) is 22.7 Å². The summed E-state index contributed by atoms with van der Waals surface area (Å²) in [5, 5.41) is 3.78. The summed E-state index contributed by atoms with van der Waals surface area (Å²) in [4.78, 5) is 24.2. The van der Waals surface area contributed by atoms with Crippen LogP contribution in [0.4, 0.5) is 5.69 Å². The molecule has 1 N–H and O–H groups in total. The number of carbonyl (C=O) groups excluding carboxylic acids is 2. The molecule has 0 atom stereocenters. The minimum atomic E-state index is -0.490. The molecule has 23 heavy (non-hydrogen) atoms. The van der Waals surface area contributed by atoms with Gasteiger partial charge in [-0.2, -0.15) is 0 Å². The van der Waals surface area contributed by atoms with E-state index in [0.29, 0.717) is 26.9 Å². The fourth-order valence-electron chi connectivity index (χ4n) is 2.17. The standard InChI is InChI=1S/C17H15Cl2NO3/c1-20-15-6-4-11(17(22)23-2)9-12(15)16(21)8-10-3-5-13(18)14(19)7-10/h3-7,9,20H,8H2,1-2H3. The zero-order valence-corrected chi connectivity index (χ0v) is 14.2. The average molecular weight is 352 g/mol. The first kappa shape index (κ1) is 17.3. The number of methoxy groups -OCH3 is 1. The Bertz CT molecular complexity index is 759. The van der Waals surface area contributed by atoms with Crippen molar-refractivity contribution in [2.24, 2.45) is 0 Å². The molecule has 4 nitrogen and oxygen atoms in total. The van der Waals surface area contributed by atoms with E-state index in [9.17, 15) is 9.59 Å². The van der Waals surface area contributed by atoms with Crippen molar-refractivity contribution in [3.8, 4) is 0 Å². The van der Waals surface area contributed by atoms with E-state index in [0.717, 1.165) is 5.56 Å². The Morgan fingerprint density at radius 3 is 2.43 bits per heavy atom. The van der Waals surface area contributed by atoms with E-state index in [1.807, 2.05) is 0 Å². The van der Waals surface area contributed by atoms with Crippen LogP contribution in [0, 0.1) is 0 Å². The summed E-state index contributed by atoms with van der Waals surface area (Å²) < 4.78 is 4.69. The van der Waals surface area contributed by atoms with Gasteiger partial charge in [-0.3, -0.25) is 4.79 Å². The number of hydrogen-bond donors (Lipinski definition) is 1. The molecule has 6 heteroatoms. The van der Waals surface area contributed by atoms with Crippen LogP contribution in [0.25, 0.3) is 0 Å². The van der Waals surface area contributed by atoms with Crippen LogP contribution in [-0.4, -0.2) is 25.9 Å². The molecule has 0 bridgehead atoms. The number of halogens is 2. The Morgan fingerprint density at radius 2 is 1.83 bits per heavy atom. The fraction of sp³-hybridized carbons (Fsp3) is 0.176. The molecule has 0 aliphatic heterocycles. The van der Waals surface area contributed by atoms with E-state index in [1.165, 1.54) is 13.2 Å². The Labute approximate surface area is 144 Å². The van der Waals surface area contributed by atoms with Crippen LogP contribution in [0.15, 0.2) is 36.4 Å². The molecule has 0 amide bonds. The smallest absolute Gasteiger partial charge is 0.337 e. The SMILES string of the molecule is CNc1ccc(C(=O)OC)cc1C(=O)Cc1ccc(Cl)c(Cl)c1. The summed E-state index contributed by atoms with van der Waals surface area (Å²) in [6.45, 7) is 0. The number of nitrogens with one attached hydrogen (secondary N) is 1. The van der Waals surface area contributed by atoms with Crippen molar-refractivity contribution in [3.63, 3.8) is 0 Å². The molecule has 2 rings (SSSR count). The third kappa shape index (κ3) is 4.03. The number of ether oxygens (including phenoxy) is 1. The van der Waals surface area contributed by atoms with E-state index >= 15 is 0 Å². The summed E-state index contributed by atoms with van der Waals surface area (Å²) >= 11 is 11.8. The van der Waals surface area contributed by atoms with E-state index in [-0.39, 0.29) is 12.2 Å². The Morgan fingerprint density at radius 1 is 1.09 bits per heavy atom. The number of rotatable bonds is 5. The van der Waals surface area contributed by atoms with E-state index in [4.69, 9.17) is 23.2 Å². The fourth-order valence-corrected chi connectivity index (χ4v) is 2.49. The first-order valence-electron chi connectivity index (χ1n) is 6.83. The van der Waals surface area contributed by atoms with E-state index in [2.05, 4.69) is 10.1 Å². The van der Waals surface area contributed by atoms with Gasteiger partial charge in [0.25, 0.3) is 0 Å². The summed E-state index contributed by atoms with van der Waals surface area (Å²) in [6, 6.07) is 9.86. The van der Waals surface area contributed by atoms with Gasteiger partial charge < -0.3 is 10.1 Å². The predicted molar refractivity (Wildman–Crippen MR) is 91.8 cm³/mol. The number of Topliss-reactive ketones (excluding diaryl/α,β-unsaturated/α-hetero) is 1. The molecule has 0 radical (unpaired) electrons. The Hall–Kier alpha value is -2.04. The van der Waals surface area contributed by atoms with Crippen molar-refractivity contribution in [1.82, 2.24) is 0 Å². The van der Waals surface area contributed by atoms with E-state index in [1.54, 1.807) is 37.4 Å². The van der Waals surface area contributed by atoms with Crippen LogP contribution < -0.4 is 5.32 Å². The summed E-state index contributed by atoms with van der Waals surface area (Å²) in [5.41, 5.74) is 2.13. The number of anilines is 1. The second-order valence-electron chi connectivity index (χ2n) is 4.85. The Kier molecular flexibility index (Phi) is 5.64.